The van der Waals surface area contributed by atoms with E-state index in [1.807, 2.05) is 6.07 Å². The Hall–Kier alpha value is -2.01. The third-order valence-corrected chi connectivity index (χ3v) is 2.80. The van der Waals surface area contributed by atoms with Gasteiger partial charge >= 0.3 is 0 Å². The van der Waals surface area contributed by atoms with E-state index in [0.717, 1.165) is 5.56 Å². The van der Waals surface area contributed by atoms with Gasteiger partial charge in [-0.15, -0.1) is 0 Å². The summed E-state index contributed by atoms with van der Waals surface area (Å²) in [7, 11) is 3.14. The lowest BCUT2D eigenvalue weighted by Gasteiger charge is -2.12. The molecule has 0 saturated carbocycles. The molecule has 1 heterocycles. The van der Waals surface area contributed by atoms with Crippen molar-refractivity contribution in [1.29, 1.82) is 0 Å². The average molecular weight is 263 g/mol. The van der Waals surface area contributed by atoms with Crippen molar-refractivity contribution in [1.82, 2.24) is 0 Å². The standard InChI is InChI=1S/C13H13NO3S/c1-15-11-6-8(10-4-3-5-17-10)9(13(14)18)7-12(11)16-2/h3-7H,1-2H3,(H2,14,18). The highest BCUT2D eigenvalue weighted by molar-refractivity contribution is 7.80. The molecule has 0 aliphatic heterocycles. The highest BCUT2D eigenvalue weighted by atomic mass is 32.1. The molecule has 18 heavy (non-hydrogen) atoms. The lowest BCUT2D eigenvalue weighted by Crippen LogP contribution is -2.11. The van der Waals surface area contributed by atoms with Crippen LogP contribution in [0.3, 0.4) is 0 Å². The van der Waals surface area contributed by atoms with Gasteiger partial charge in [0.05, 0.1) is 20.5 Å². The number of methoxy groups -OCH3 is 2. The lowest BCUT2D eigenvalue weighted by molar-refractivity contribution is 0.355. The fourth-order valence-electron chi connectivity index (χ4n) is 1.72. The minimum Gasteiger partial charge on any atom is -0.493 e. The summed E-state index contributed by atoms with van der Waals surface area (Å²) >= 11 is 5.05. The Bertz CT molecular complexity index is 564. The minimum absolute atomic E-state index is 0.280. The molecule has 0 saturated heterocycles. The topological polar surface area (TPSA) is 57.6 Å². The zero-order chi connectivity index (χ0) is 13.1. The molecule has 94 valence electrons. The molecule has 0 unspecified atom stereocenters. The van der Waals surface area contributed by atoms with E-state index in [-0.39, 0.29) is 4.99 Å². The normalized spacial score (nSPS) is 10.1. The van der Waals surface area contributed by atoms with Crippen LogP contribution in [0.15, 0.2) is 34.9 Å². The third-order valence-electron chi connectivity index (χ3n) is 2.58. The first-order chi connectivity index (χ1) is 8.67. The van der Waals surface area contributed by atoms with E-state index in [0.29, 0.717) is 22.8 Å². The lowest BCUT2D eigenvalue weighted by atomic mass is 10.0. The van der Waals surface area contributed by atoms with Gasteiger partial charge in [-0.2, -0.15) is 0 Å². The Kier molecular flexibility index (Phi) is 3.53. The van der Waals surface area contributed by atoms with E-state index in [4.69, 9.17) is 31.8 Å². The van der Waals surface area contributed by atoms with Crippen LogP contribution in [0.4, 0.5) is 0 Å². The molecule has 0 aliphatic carbocycles. The number of thiocarbonyl (C=S) groups is 1. The van der Waals surface area contributed by atoms with Gasteiger partial charge in [0.1, 0.15) is 10.7 Å². The van der Waals surface area contributed by atoms with E-state index < -0.39 is 0 Å². The first kappa shape index (κ1) is 12.4. The second kappa shape index (κ2) is 5.10. The molecule has 5 heteroatoms. The number of hydrogen-bond acceptors (Lipinski definition) is 4. The van der Waals surface area contributed by atoms with Crippen molar-refractivity contribution in [2.45, 2.75) is 0 Å². The summed E-state index contributed by atoms with van der Waals surface area (Å²) in [6.07, 6.45) is 1.59. The van der Waals surface area contributed by atoms with Crippen LogP contribution in [-0.4, -0.2) is 19.2 Å². The van der Waals surface area contributed by atoms with Gasteiger partial charge < -0.3 is 19.6 Å². The van der Waals surface area contributed by atoms with E-state index in [9.17, 15) is 0 Å². The average Bonchev–Trinajstić information content (AvgIpc) is 2.90. The number of furan rings is 1. The van der Waals surface area contributed by atoms with Crippen LogP contribution in [0.5, 0.6) is 11.5 Å². The fourth-order valence-corrected chi connectivity index (χ4v) is 1.89. The second-order valence-corrected chi connectivity index (χ2v) is 4.03. The van der Waals surface area contributed by atoms with Crippen LogP contribution >= 0.6 is 12.2 Å². The molecule has 0 spiro atoms. The maximum absolute atomic E-state index is 5.73. The van der Waals surface area contributed by atoms with Crippen LogP contribution in [-0.2, 0) is 0 Å². The number of hydrogen-bond donors (Lipinski definition) is 1. The summed E-state index contributed by atoms with van der Waals surface area (Å²) in [5, 5.41) is 0. The Morgan fingerprint density at radius 1 is 1.22 bits per heavy atom. The number of benzene rings is 1. The van der Waals surface area contributed by atoms with E-state index in [1.54, 1.807) is 38.7 Å². The van der Waals surface area contributed by atoms with Gasteiger partial charge in [-0.05, 0) is 24.3 Å². The summed E-state index contributed by atoms with van der Waals surface area (Å²) in [5.74, 6) is 1.86. The molecule has 2 N–H and O–H groups in total. The molecule has 2 rings (SSSR count). The summed E-state index contributed by atoms with van der Waals surface area (Å²) in [4.78, 5) is 0.280. The molecule has 0 fully saturated rings. The molecule has 4 nitrogen and oxygen atoms in total. The van der Waals surface area contributed by atoms with E-state index in [2.05, 4.69) is 0 Å². The molecule has 0 aliphatic rings. The molecule has 2 aromatic rings. The van der Waals surface area contributed by atoms with Crippen molar-refractivity contribution in [3.63, 3.8) is 0 Å². The quantitative estimate of drug-likeness (QED) is 0.859. The zero-order valence-electron chi connectivity index (χ0n) is 10.1. The second-order valence-electron chi connectivity index (χ2n) is 3.59. The van der Waals surface area contributed by atoms with Gasteiger partial charge in [0, 0.05) is 11.1 Å². The fraction of sp³-hybridized carbons (Fsp3) is 0.154. The Morgan fingerprint density at radius 3 is 2.39 bits per heavy atom. The van der Waals surface area contributed by atoms with Gasteiger partial charge in [0.2, 0.25) is 0 Å². The Labute approximate surface area is 110 Å². The monoisotopic (exact) mass is 263 g/mol. The first-order valence-corrected chi connectivity index (χ1v) is 5.68. The molecule has 0 amide bonds. The van der Waals surface area contributed by atoms with Gasteiger partial charge in [0.15, 0.2) is 11.5 Å². The number of nitrogens with two attached hydrogens (primary N) is 1. The van der Waals surface area contributed by atoms with E-state index in [1.165, 1.54) is 0 Å². The predicted octanol–water partition coefficient (Wildman–Crippen LogP) is 2.60. The highest BCUT2D eigenvalue weighted by Crippen LogP contribution is 2.35. The molecule has 1 aromatic heterocycles. The van der Waals surface area contributed by atoms with Crippen molar-refractivity contribution < 1.29 is 13.9 Å². The summed E-state index contributed by atoms with van der Waals surface area (Å²) in [5.41, 5.74) is 7.20. The maximum atomic E-state index is 5.73. The molecule has 0 bridgehead atoms. The van der Waals surface area contributed by atoms with Crippen LogP contribution < -0.4 is 15.2 Å². The smallest absolute Gasteiger partial charge is 0.161 e. The van der Waals surface area contributed by atoms with E-state index >= 15 is 0 Å². The van der Waals surface area contributed by atoms with Crippen molar-refractivity contribution in [3.8, 4) is 22.8 Å². The third kappa shape index (κ3) is 2.17. The van der Waals surface area contributed by atoms with Gasteiger partial charge in [0.25, 0.3) is 0 Å². The van der Waals surface area contributed by atoms with Gasteiger partial charge in [-0.25, -0.2) is 0 Å². The van der Waals surface area contributed by atoms with Crippen molar-refractivity contribution in [2.24, 2.45) is 5.73 Å². The largest absolute Gasteiger partial charge is 0.493 e. The predicted molar refractivity (Wildman–Crippen MR) is 73.1 cm³/mol. The first-order valence-electron chi connectivity index (χ1n) is 5.27. The molecular formula is C13H13NO3S. The molecular weight excluding hydrogens is 250 g/mol. The van der Waals surface area contributed by atoms with Crippen LogP contribution in [0.25, 0.3) is 11.3 Å². The van der Waals surface area contributed by atoms with Crippen LogP contribution in [0, 0.1) is 0 Å². The van der Waals surface area contributed by atoms with Crippen LogP contribution in [0.1, 0.15) is 5.56 Å². The molecule has 0 radical (unpaired) electrons. The van der Waals surface area contributed by atoms with Gasteiger partial charge in [-0.1, -0.05) is 12.2 Å². The minimum atomic E-state index is 0.280. The number of ether oxygens (including phenoxy) is 2. The summed E-state index contributed by atoms with van der Waals surface area (Å²) in [6, 6.07) is 7.18. The maximum Gasteiger partial charge on any atom is 0.161 e. The summed E-state index contributed by atoms with van der Waals surface area (Å²) in [6.45, 7) is 0. The van der Waals surface area contributed by atoms with Crippen molar-refractivity contribution in [2.75, 3.05) is 14.2 Å². The molecule has 1 aromatic carbocycles. The van der Waals surface area contributed by atoms with Crippen molar-refractivity contribution in [3.05, 3.63) is 36.1 Å². The SMILES string of the molecule is COc1cc(C(N)=S)c(-c2ccco2)cc1OC. The summed E-state index contributed by atoms with van der Waals surface area (Å²) < 4.78 is 15.9. The van der Waals surface area contributed by atoms with Gasteiger partial charge in [-0.3, -0.25) is 0 Å². The Morgan fingerprint density at radius 2 is 1.89 bits per heavy atom. The van der Waals surface area contributed by atoms with Crippen LogP contribution in [0.2, 0.25) is 0 Å². The Balaban J connectivity index is 2.66. The number of rotatable bonds is 4. The highest BCUT2D eigenvalue weighted by Gasteiger charge is 2.15. The molecule has 0 atom stereocenters. The van der Waals surface area contributed by atoms with Crippen molar-refractivity contribution >= 4 is 17.2 Å². The zero-order valence-corrected chi connectivity index (χ0v) is 10.9.